The van der Waals surface area contributed by atoms with Crippen molar-refractivity contribution in [2.45, 2.75) is 45.2 Å². The first kappa shape index (κ1) is 13.2. The Morgan fingerprint density at radius 2 is 2.24 bits per heavy atom. The van der Waals surface area contributed by atoms with Crippen molar-refractivity contribution in [1.82, 2.24) is 10.2 Å². The lowest BCUT2D eigenvalue weighted by Crippen LogP contribution is -2.43. The number of aliphatic imine (C=N–C) groups is 1. The fourth-order valence-corrected chi connectivity index (χ4v) is 3.53. The summed E-state index contributed by atoms with van der Waals surface area (Å²) in [5, 5.41) is 4.68. The number of nitrogens with one attached hydrogen (secondary N) is 1. The smallest absolute Gasteiger partial charge is 0.156 e. The van der Waals surface area contributed by atoms with Gasteiger partial charge in [0.05, 0.1) is 6.54 Å². The van der Waals surface area contributed by atoms with Gasteiger partial charge in [0.25, 0.3) is 0 Å². The molecule has 3 atom stereocenters. The van der Waals surface area contributed by atoms with E-state index in [-0.39, 0.29) is 0 Å². The molecule has 0 bridgehead atoms. The highest BCUT2D eigenvalue weighted by molar-refractivity contribution is 8.13. The number of hydrogen-bond acceptors (Lipinski definition) is 3. The van der Waals surface area contributed by atoms with Gasteiger partial charge >= 0.3 is 0 Å². The zero-order valence-corrected chi connectivity index (χ0v) is 12.1. The molecule has 17 heavy (non-hydrogen) atoms. The van der Waals surface area contributed by atoms with Gasteiger partial charge in [-0.3, -0.25) is 4.99 Å². The van der Waals surface area contributed by atoms with Crippen LogP contribution in [0, 0.1) is 5.92 Å². The highest BCUT2D eigenvalue weighted by Crippen LogP contribution is 2.20. The number of piperidine rings is 1. The average molecular weight is 255 g/mol. The second kappa shape index (κ2) is 6.10. The molecule has 4 heteroatoms. The van der Waals surface area contributed by atoms with E-state index in [2.05, 4.69) is 31.1 Å². The van der Waals surface area contributed by atoms with Crippen LogP contribution < -0.4 is 5.32 Å². The number of rotatable bonds is 2. The second-order valence-corrected chi connectivity index (χ2v) is 6.51. The van der Waals surface area contributed by atoms with Crippen LogP contribution in [0.5, 0.6) is 0 Å². The summed E-state index contributed by atoms with van der Waals surface area (Å²) in [7, 11) is 2.23. The summed E-state index contributed by atoms with van der Waals surface area (Å²) < 4.78 is 0. The van der Waals surface area contributed by atoms with Gasteiger partial charge in [-0.1, -0.05) is 25.1 Å². The second-order valence-electron chi connectivity index (χ2n) is 5.50. The third-order valence-electron chi connectivity index (χ3n) is 4.05. The van der Waals surface area contributed by atoms with Crippen LogP contribution in [0.3, 0.4) is 0 Å². The van der Waals surface area contributed by atoms with Crippen molar-refractivity contribution in [3.63, 3.8) is 0 Å². The van der Waals surface area contributed by atoms with Gasteiger partial charge in [0.1, 0.15) is 0 Å². The Labute approximate surface area is 109 Å². The van der Waals surface area contributed by atoms with E-state index in [0.29, 0.717) is 12.1 Å². The minimum absolute atomic E-state index is 0.569. The normalized spacial score (nSPS) is 38.1. The number of amidine groups is 1. The SMILES string of the molecule is CC1CSC(=NCC2CCCCN2C)NC1C. The Kier molecular flexibility index (Phi) is 4.74. The predicted molar refractivity (Wildman–Crippen MR) is 76.8 cm³/mol. The molecule has 0 aromatic rings. The summed E-state index contributed by atoms with van der Waals surface area (Å²) in [6.07, 6.45) is 4.03. The van der Waals surface area contributed by atoms with Crippen LogP contribution in [0.1, 0.15) is 33.1 Å². The lowest BCUT2D eigenvalue weighted by molar-refractivity contribution is 0.191. The number of likely N-dealkylation sites (tertiary alicyclic amines) is 1. The van der Waals surface area contributed by atoms with Crippen molar-refractivity contribution in [2.75, 3.05) is 25.9 Å². The summed E-state index contributed by atoms with van der Waals surface area (Å²) in [4.78, 5) is 7.23. The molecule has 3 nitrogen and oxygen atoms in total. The molecule has 2 fully saturated rings. The van der Waals surface area contributed by atoms with Gasteiger partial charge in [0.2, 0.25) is 0 Å². The van der Waals surface area contributed by atoms with E-state index in [1.54, 1.807) is 0 Å². The molecule has 0 spiro atoms. The molecule has 0 aromatic heterocycles. The number of thioether (sulfide) groups is 1. The quantitative estimate of drug-likeness (QED) is 0.819. The van der Waals surface area contributed by atoms with Crippen LogP contribution >= 0.6 is 11.8 Å². The first-order valence-electron chi connectivity index (χ1n) is 6.81. The molecular weight excluding hydrogens is 230 g/mol. The maximum absolute atomic E-state index is 4.77. The fourth-order valence-electron chi connectivity index (χ4n) is 2.39. The van der Waals surface area contributed by atoms with E-state index in [1.165, 1.54) is 31.6 Å². The molecule has 2 rings (SSSR count). The minimum atomic E-state index is 0.569. The molecule has 0 amide bonds. The summed E-state index contributed by atoms with van der Waals surface area (Å²) >= 11 is 1.89. The molecule has 0 aliphatic carbocycles. The third-order valence-corrected chi connectivity index (χ3v) is 5.27. The number of hydrogen-bond donors (Lipinski definition) is 1. The van der Waals surface area contributed by atoms with Gasteiger partial charge < -0.3 is 10.2 Å². The zero-order valence-electron chi connectivity index (χ0n) is 11.3. The highest BCUT2D eigenvalue weighted by atomic mass is 32.2. The van der Waals surface area contributed by atoms with Gasteiger partial charge in [-0.25, -0.2) is 0 Å². The largest absolute Gasteiger partial charge is 0.362 e. The van der Waals surface area contributed by atoms with E-state index in [4.69, 9.17) is 4.99 Å². The van der Waals surface area contributed by atoms with Crippen molar-refractivity contribution in [3.05, 3.63) is 0 Å². The van der Waals surface area contributed by atoms with E-state index < -0.39 is 0 Å². The molecule has 2 heterocycles. The molecule has 2 saturated heterocycles. The molecule has 1 N–H and O–H groups in total. The Balaban J connectivity index is 1.83. The average Bonchev–Trinajstić information content (AvgIpc) is 2.32. The van der Waals surface area contributed by atoms with Crippen LogP contribution in [-0.4, -0.2) is 48.0 Å². The van der Waals surface area contributed by atoms with Crippen molar-refractivity contribution < 1.29 is 0 Å². The van der Waals surface area contributed by atoms with E-state index in [1.807, 2.05) is 11.8 Å². The summed E-state index contributed by atoms with van der Waals surface area (Å²) in [6, 6.07) is 1.23. The van der Waals surface area contributed by atoms with Gasteiger partial charge in [-0.2, -0.15) is 0 Å². The maximum atomic E-state index is 4.77. The fraction of sp³-hybridized carbons (Fsp3) is 0.923. The topological polar surface area (TPSA) is 27.6 Å². The van der Waals surface area contributed by atoms with Crippen molar-refractivity contribution >= 4 is 16.9 Å². The Hall–Kier alpha value is -0.220. The molecule has 0 radical (unpaired) electrons. The first-order chi connectivity index (χ1) is 8.16. The number of nitrogens with zero attached hydrogens (tertiary/aromatic N) is 2. The van der Waals surface area contributed by atoms with Crippen molar-refractivity contribution in [3.8, 4) is 0 Å². The minimum Gasteiger partial charge on any atom is -0.362 e. The van der Waals surface area contributed by atoms with Crippen LogP contribution in [0.15, 0.2) is 4.99 Å². The summed E-state index contributed by atoms with van der Waals surface area (Å²) in [6.45, 7) is 6.76. The maximum Gasteiger partial charge on any atom is 0.156 e. The lowest BCUT2D eigenvalue weighted by atomic mass is 10.0. The van der Waals surface area contributed by atoms with E-state index >= 15 is 0 Å². The molecule has 0 saturated carbocycles. The van der Waals surface area contributed by atoms with Crippen LogP contribution in [-0.2, 0) is 0 Å². The molecule has 0 aromatic carbocycles. The summed E-state index contributed by atoms with van der Waals surface area (Å²) in [5.74, 6) is 1.95. The van der Waals surface area contributed by atoms with E-state index in [0.717, 1.165) is 17.6 Å². The molecule has 3 unspecified atom stereocenters. The molecule has 98 valence electrons. The Morgan fingerprint density at radius 1 is 1.41 bits per heavy atom. The Morgan fingerprint density at radius 3 is 2.94 bits per heavy atom. The van der Waals surface area contributed by atoms with Gasteiger partial charge in [0, 0.05) is 17.8 Å². The van der Waals surface area contributed by atoms with Crippen molar-refractivity contribution in [2.24, 2.45) is 10.9 Å². The van der Waals surface area contributed by atoms with Gasteiger partial charge in [0.15, 0.2) is 5.17 Å². The highest BCUT2D eigenvalue weighted by Gasteiger charge is 2.22. The van der Waals surface area contributed by atoms with Crippen LogP contribution in [0.4, 0.5) is 0 Å². The molecule has 2 aliphatic heterocycles. The van der Waals surface area contributed by atoms with Gasteiger partial charge in [-0.15, -0.1) is 0 Å². The van der Waals surface area contributed by atoms with E-state index in [9.17, 15) is 0 Å². The zero-order chi connectivity index (χ0) is 12.3. The summed E-state index contributed by atoms with van der Waals surface area (Å²) in [5.41, 5.74) is 0. The Bertz CT molecular complexity index is 280. The predicted octanol–water partition coefficient (Wildman–Crippen LogP) is 2.19. The van der Waals surface area contributed by atoms with Crippen molar-refractivity contribution in [1.29, 1.82) is 0 Å². The monoisotopic (exact) mass is 255 g/mol. The molecule has 2 aliphatic rings. The first-order valence-corrected chi connectivity index (χ1v) is 7.79. The lowest BCUT2D eigenvalue weighted by Gasteiger charge is -2.32. The third kappa shape index (κ3) is 3.62. The van der Waals surface area contributed by atoms with Gasteiger partial charge in [-0.05, 0) is 39.3 Å². The van der Waals surface area contributed by atoms with Crippen LogP contribution in [0.25, 0.3) is 0 Å². The standard InChI is InChI=1S/C13H25N3S/c1-10-9-17-13(15-11(10)2)14-8-12-6-4-5-7-16(12)3/h10-12H,4-9H2,1-3H3,(H,14,15). The van der Waals surface area contributed by atoms with Crippen LogP contribution in [0.2, 0.25) is 0 Å². The number of likely N-dealkylation sites (N-methyl/N-ethyl adjacent to an activating group) is 1. The molecular formula is C13H25N3S.